The number of nitrogens with zero attached hydrogens (tertiary/aromatic N) is 2. The Balaban J connectivity index is 1.53. The van der Waals surface area contributed by atoms with Gasteiger partial charge in [-0.05, 0) is 51.0 Å². The first-order chi connectivity index (χ1) is 14.6. The number of thioether (sulfide) groups is 1. The smallest absolute Gasteiger partial charge is 0.234 e. The van der Waals surface area contributed by atoms with E-state index in [4.69, 9.17) is 4.99 Å². The van der Waals surface area contributed by atoms with E-state index < -0.39 is 9.84 Å². The van der Waals surface area contributed by atoms with Gasteiger partial charge >= 0.3 is 0 Å². The number of hydrogen-bond donors (Lipinski definition) is 1. The van der Waals surface area contributed by atoms with Crippen molar-refractivity contribution in [2.45, 2.75) is 39.8 Å². The largest absolute Gasteiger partial charge is 0.325 e. The number of amidine groups is 1. The van der Waals surface area contributed by atoms with Crippen molar-refractivity contribution in [1.82, 2.24) is 0 Å². The fraction of sp³-hybridized carbons (Fsp3) is 0.391. The highest BCUT2D eigenvalue weighted by Gasteiger charge is 2.47. The van der Waals surface area contributed by atoms with Gasteiger partial charge in [-0.25, -0.2) is 8.42 Å². The molecule has 1 saturated heterocycles. The van der Waals surface area contributed by atoms with Crippen LogP contribution in [0.3, 0.4) is 0 Å². The van der Waals surface area contributed by atoms with Gasteiger partial charge in [0.25, 0.3) is 0 Å². The van der Waals surface area contributed by atoms with Gasteiger partial charge in [0.2, 0.25) is 5.91 Å². The molecule has 0 spiro atoms. The van der Waals surface area contributed by atoms with E-state index in [1.54, 1.807) is 0 Å². The number of carbonyl (C=O) groups excluding carboxylic acids is 1. The third kappa shape index (κ3) is 4.65. The van der Waals surface area contributed by atoms with Crippen molar-refractivity contribution in [3.05, 3.63) is 58.7 Å². The first-order valence-electron chi connectivity index (χ1n) is 10.3. The summed E-state index contributed by atoms with van der Waals surface area (Å²) in [4.78, 5) is 19.4. The Hall–Kier alpha value is -2.32. The summed E-state index contributed by atoms with van der Waals surface area (Å²) in [7, 11) is -3.11. The standard InChI is InChI=1S/C23H27N3O3S2/c1-14-5-7-18(16(3)9-14)24-22(27)11-30-23-25-19-12-31(28,29)13-21(19)26(23)20-8-6-15(2)10-17(20)4/h5-10,19,21H,11-13H2,1-4H3,(H,24,27)/t19-,21+/m0/s1. The second kappa shape index (κ2) is 8.31. The summed E-state index contributed by atoms with van der Waals surface area (Å²) in [5, 5.41) is 3.68. The molecule has 0 radical (unpaired) electrons. The first kappa shape index (κ1) is 21.9. The summed E-state index contributed by atoms with van der Waals surface area (Å²) in [5.41, 5.74) is 6.15. The molecule has 6 nitrogen and oxygen atoms in total. The van der Waals surface area contributed by atoms with Crippen LogP contribution in [0, 0.1) is 27.7 Å². The van der Waals surface area contributed by atoms with Crippen LogP contribution in [-0.4, -0.2) is 48.8 Å². The van der Waals surface area contributed by atoms with Crippen LogP contribution in [0.1, 0.15) is 22.3 Å². The molecule has 2 aromatic carbocycles. The third-order valence-electron chi connectivity index (χ3n) is 5.71. The number of aryl methyl sites for hydroxylation is 4. The predicted molar refractivity (Wildman–Crippen MR) is 129 cm³/mol. The number of rotatable bonds is 4. The molecule has 0 unspecified atom stereocenters. The van der Waals surface area contributed by atoms with Crippen LogP contribution in [0.2, 0.25) is 0 Å². The normalized spacial score (nSPS) is 21.7. The van der Waals surface area contributed by atoms with Crippen molar-refractivity contribution in [2.24, 2.45) is 4.99 Å². The molecule has 2 heterocycles. The van der Waals surface area contributed by atoms with Crippen LogP contribution in [0.25, 0.3) is 0 Å². The average Bonchev–Trinajstić information content (AvgIpc) is 3.14. The molecule has 0 saturated carbocycles. The zero-order valence-electron chi connectivity index (χ0n) is 18.2. The molecule has 0 aromatic heterocycles. The summed E-state index contributed by atoms with van der Waals surface area (Å²) in [5.74, 6) is 0.259. The molecule has 1 fully saturated rings. The molecule has 1 N–H and O–H groups in total. The number of amides is 1. The lowest BCUT2D eigenvalue weighted by atomic mass is 10.1. The molecule has 0 bridgehead atoms. The summed E-state index contributed by atoms with van der Waals surface area (Å²) in [6.45, 7) is 8.05. The Labute approximate surface area is 188 Å². The molecule has 2 aliphatic heterocycles. The number of anilines is 2. The SMILES string of the molecule is Cc1ccc(NC(=O)CSC2=N[C@H]3CS(=O)(=O)C[C@H]3N2c2ccc(C)cc2C)c(C)c1. The second-order valence-corrected chi connectivity index (χ2v) is 11.5. The molecule has 2 aromatic rings. The van der Waals surface area contributed by atoms with Crippen LogP contribution < -0.4 is 10.2 Å². The Bertz CT molecular complexity index is 1170. The first-order valence-corrected chi connectivity index (χ1v) is 13.1. The number of hydrogen-bond acceptors (Lipinski definition) is 6. The van der Waals surface area contributed by atoms with Gasteiger partial charge < -0.3 is 10.2 Å². The number of nitrogens with one attached hydrogen (secondary N) is 1. The maximum absolute atomic E-state index is 12.6. The minimum Gasteiger partial charge on any atom is -0.325 e. The molecule has 8 heteroatoms. The third-order valence-corrected chi connectivity index (χ3v) is 8.37. The van der Waals surface area contributed by atoms with Gasteiger partial charge in [0.15, 0.2) is 15.0 Å². The highest BCUT2D eigenvalue weighted by Crippen LogP contribution is 2.36. The summed E-state index contributed by atoms with van der Waals surface area (Å²) >= 11 is 1.36. The average molecular weight is 458 g/mol. The lowest BCUT2D eigenvalue weighted by molar-refractivity contribution is -0.113. The lowest BCUT2D eigenvalue weighted by Crippen LogP contribution is -2.39. The second-order valence-electron chi connectivity index (χ2n) is 8.44. The molecule has 4 rings (SSSR count). The van der Waals surface area contributed by atoms with Crippen LogP contribution >= 0.6 is 11.8 Å². The monoisotopic (exact) mass is 457 g/mol. The van der Waals surface area contributed by atoms with Gasteiger partial charge in [-0.15, -0.1) is 0 Å². The number of fused-ring (bicyclic) bond motifs is 1. The lowest BCUT2D eigenvalue weighted by Gasteiger charge is -2.28. The van der Waals surface area contributed by atoms with Gasteiger partial charge in [0.05, 0.1) is 29.3 Å². The highest BCUT2D eigenvalue weighted by atomic mass is 32.2. The fourth-order valence-electron chi connectivity index (χ4n) is 4.26. The van der Waals surface area contributed by atoms with Crippen LogP contribution in [0.4, 0.5) is 11.4 Å². The van der Waals surface area contributed by atoms with Crippen molar-refractivity contribution in [1.29, 1.82) is 0 Å². The van der Waals surface area contributed by atoms with Crippen LogP contribution in [0.15, 0.2) is 41.4 Å². The van der Waals surface area contributed by atoms with E-state index >= 15 is 0 Å². The highest BCUT2D eigenvalue weighted by molar-refractivity contribution is 8.14. The minimum absolute atomic E-state index is 0.0674. The Kier molecular flexibility index (Phi) is 5.87. The van der Waals surface area contributed by atoms with Crippen molar-refractivity contribution >= 4 is 44.0 Å². The quantitative estimate of drug-likeness (QED) is 0.758. The van der Waals surface area contributed by atoms with E-state index in [1.807, 2.05) is 62.9 Å². The summed E-state index contributed by atoms with van der Waals surface area (Å²) in [6.07, 6.45) is 0. The molecular weight excluding hydrogens is 430 g/mol. The van der Waals surface area contributed by atoms with E-state index in [0.717, 1.165) is 33.6 Å². The van der Waals surface area contributed by atoms with E-state index in [2.05, 4.69) is 11.4 Å². The zero-order valence-corrected chi connectivity index (χ0v) is 19.8. The summed E-state index contributed by atoms with van der Waals surface area (Å²) in [6, 6.07) is 11.6. The Morgan fingerprint density at radius 2 is 1.74 bits per heavy atom. The van der Waals surface area contributed by atoms with Crippen molar-refractivity contribution in [3.63, 3.8) is 0 Å². The molecule has 2 atom stereocenters. The molecule has 31 heavy (non-hydrogen) atoms. The molecular formula is C23H27N3O3S2. The minimum atomic E-state index is -3.11. The zero-order chi connectivity index (χ0) is 22.3. The molecule has 2 aliphatic rings. The predicted octanol–water partition coefficient (Wildman–Crippen LogP) is 3.63. The van der Waals surface area contributed by atoms with E-state index in [-0.39, 0.29) is 35.2 Å². The number of sulfone groups is 1. The van der Waals surface area contributed by atoms with Crippen molar-refractivity contribution in [2.75, 3.05) is 27.5 Å². The number of aliphatic imine (C=N–C) groups is 1. The van der Waals surface area contributed by atoms with E-state index in [0.29, 0.717) is 5.17 Å². The Morgan fingerprint density at radius 3 is 2.42 bits per heavy atom. The molecule has 164 valence electrons. The Morgan fingerprint density at radius 1 is 1.06 bits per heavy atom. The van der Waals surface area contributed by atoms with E-state index in [9.17, 15) is 13.2 Å². The molecule has 1 amide bonds. The maximum atomic E-state index is 12.6. The van der Waals surface area contributed by atoms with Gasteiger partial charge in [-0.3, -0.25) is 9.79 Å². The van der Waals surface area contributed by atoms with Gasteiger partial charge in [-0.2, -0.15) is 0 Å². The van der Waals surface area contributed by atoms with Gasteiger partial charge in [0.1, 0.15) is 0 Å². The number of benzene rings is 2. The maximum Gasteiger partial charge on any atom is 0.234 e. The van der Waals surface area contributed by atoms with Crippen molar-refractivity contribution in [3.8, 4) is 0 Å². The summed E-state index contributed by atoms with van der Waals surface area (Å²) < 4.78 is 24.5. The topological polar surface area (TPSA) is 78.8 Å². The van der Waals surface area contributed by atoms with Gasteiger partial charge in [0, 0.05) is 11.4 Å². The van der Waals surface area contributed by atoms with Crippen LogP contribution in [-0.2, 0) is 14.6 Å². The van der Waals surface area contributed by atoms with Crippen LogP contribution in [0.5, 0.6) is 0 Å². The van der Waals surface area contributed by atoms with Crippen molar-refractivity contribution < 1.29 is 13.2 Å². The van der Waals surface area contributed by atoms with Gasteiger partial charge in [-0.1, -0.05) is 47.2 Å². The van der Waals surface area contributed by atoms with E-state index in [1.165, 1.54) is 11.8 Å². The number of carbonyl (C=O) groups is 1. The fourth-order valence-corrected chi connectivity index (χ4v) is 7.02. The molecule has 0 aliphatic carbocycles.